The lowest BCUT2D eigenvalue weighted by Crippen LogP contribution is -2.46. The number of anilines is 1. The van der Waals surface area contributed by atoms with E-state index in [0.29, 0.717) is 34.3 Å². The summed E-state index contributed by atoms with van der Waals surface area (Å²) in [4.78, 5) is 30.8. The number of carbonyl (C=O) groups excluding carboxylic acids is 1. The Kier molecular flexibility index (Phi) is 19.1. The number of pyridine rings is 1. The average molecular weight is 757 g/mol. The van der Waals surface area contributed by atoms with Gasteiger partial charge in [0.05, 0.1) is 27.9 Å². The van der Waals surface area contributed by atoms with Crippen molar-refractivity contribution in [2.45, 2.75) is 71.1 Å². The van der Waals surface area contributed by atoms with Crippen LogP contribution < -0.4 is 15.2 Å². The summed E-state index contributed by atoms with van der Waals surface area (Å²) >= 11 is 12.6. The summed E-state index contributed by atoms with van der Waals surface area (Å²) in [6.45, 7) is 7.49. The number of ether oxygens (including phenoxy) is 1. The van der Waals surface area contributed by atoms with Gasteiger partial charge in [0.25, 0.3) is 5.56 Å². The zero-order valence-corrected chi connectivity index (χ0v) is 32.7. The smallest absolute Gasteiger partial charge is 0.257 e. The van der Waals surface area contributed by atoms with E-state index in [0.717, 1.165) is 95.2 Å². The van der Waals surface area contributed by atoms with Crippen LogP contribution in [0, 0.1) is 0 Å². The minimum Gasteiger partial charge on any atom is -0.494 e. The Bertz CT molecular complexity index is 1810. The number of hydrogen-bond acceptors (Lipinski definition) is 5. The molecule has 0 bridgehead atoms. The maximum Gasteiger partial charge on any atom is 0.257 e. The summed E-state index contributed by atoms with van der Waals surface area (Å²) < 4.78 is 7.36. The van der Waals surface area contributed by atoms with E-state index < -0.39 is 0 Å². The van der Waals surface area contributed by atoms with Crippen molar-refractivity contribution in [3.8, 4) is 5.75 Å². The van der Waals surface area contributed by atoms with Gasteiger partial charge < -0.3 is 9.64 Å². The number of hydrogen-bond donors (Lipinski definition) is 0. The lowest BCUT2D eigenvalue weighted by molar-refractivity contribution is 0.0905. The van der Waals surface area contributed by atoms with E-state index >= 15 is 0 Å². The summed E-state index contributed by atoms with van der Waals surface area (Å²) in [7, 11) is 0. The highest BCUT2D eigenvalue weighted by Gasteiger charge is 2.19. The van der Waals surface area contributed by atoms with Gasteiger partial charge in [0.15, 0.2) is 0 Å². The minimum absolute atomic E-state index is 0.213. The fourth-order valence-electron chi connectivity index (χ4n) is 6.09. The van der Waals surface area contributed by atoms with Crippen molar-refractivity contribution in [3.05, 3.63) is 142 Å². The zero-order valence-electron chi connectivity index (χ0n) is 31.2. The summed E-state index contributed by atoms with van der Waals surface area (Å²) in [6, 6.07) is 14.6. The number of aromatic nitrogens is 1. The highest BCUT2D eigenvalue weighted by atomic mass is 35.5. The molecule has 0 spiro atoms. The van der Waals surface area contributed by atoms with Crippen molar-refractivity contribution >= 4 is 45.7 Å². The molecule has 3 aromatic rings. The lowest BCUT2D eigenvalue weighted by Gasteiger charge is -2.36. The quantitative estimate of drug-likeness (QED) is 0.0800. The van der Waals surface area contributed by atoms with Crippen LogP contribution in [-0.4, -0.2) is 54.7 Å². The topological polar surface area (TPSA) is 54.8 Å². The molecule has 2 aromatic carbocycles. The maximum absolute atomic E-state index is 13.2. The molecule has 1 saturated heterocycles. The highest BCUT2D eigenvalue weighted by molar-refractivity contribution is 6.43. The third-order valence-electron chi connectivity index (χ3n) is 9.02. The van der Waals surface area contributed by atoms with Crippen molar-refractivity contribution in [2.24, 2.45) is 0 Å². The molecule has 2 heterocycles. The van der Waals surface area contributed by atoms with E-state index in [1.165, 1.54) is 10.6 Å². The van der Waals surface area contributed by atoms with Crippen LogP contribution in [0.1, 0.15) is 75.9 Å². The molecular weight excluding hydrogens is 701 g/mol. The maximum atomic E-state index is 13.2. The molecule has 4 rings (SSSR count). The van der Waals surface area contributed by atoms with Crippen LogP contribution in [0.25, 0.3) is 10.9 Å². The largest absolute Gasteiger partial charge is 0.494 e. The van der Waals surface area contributed by atoms with Gasteiger partial charge in [-0.05, 0) is 100 Å². The number of benzene rings is 2. The number of rotatable bonds is 21. The molecule has 0 atom stereocenters. The molecule has 0 unspecified atom stereocenters. The average Bonchev–Trinajstić information content (AvgIpc) is 3.16. The molecular formula is C45H55Cl2N3O3. The molecule has 1 aromatic heterocycles. The second-order valence-electron chi connectivity index (χ2n) is 13.0. The molecule has 1 aliphatic rings. The summed E-state index contributed by atoms with van der Waals surface area (Å²) in [5.41, 5.74) is 1.26. The number of carbonyl (C=O) groups is 1. The first-order valence-corrected chi connectivity index (χ1v) is 19.9. The second-order valence-corrected chi connectivity index (χ2v) is 13.8. The normalized spacial score (nSPS) is 14.5. The number of nitrogens with zero attached hydrogens (tertiary/aromatic N) is 3. The molecule has 0 amide bonds. The molecule has 6 nitrogen and oxygen atoms in total. The number of allylic oxidation sites excluding steroid dienone is 12. The van der Waals surface area contributed by atoms with Gasteiger partial charge in [-0.25, -0.2) is 4.57 Å². The van der Waals surface area contributed by atoms with Crippen LogP contribution in [-0.2, 0) is 0 Å². The first-order chi connectivity index (χ1) is 26.0. The van der Waals surface area contributed by atoms with Gasteiger partial charge in [-0.15, -0.1) is 0 Å². The highest BCUT2D eigenvalue weighted by Crippen LogP contribution is 2.33. The van der Waals surface area contributed by atoms with Crippen LogP contribution in [0.4, 0.5) is 5.69 Å². The van der Waals surface area contributed by atoms with Crippen LogP contribution in [0.3, 0.4) is 0 Å². The minimum atomic E-state index is -0.319. The van der Waals surface area contributed by atoms with E-state index in [1.54, 1.807) is 6.07 Å². The van der Waals surface area contributed by atoms with Gasteiger partial charge >= 0.3 is 0 Å². The lowest BCUT2D eigenvalue weighted by atomic mass is 10.2. The number of fused-ring (bicyclic) bond motifs is 1. The standard InChI is InChI=1S/C45H55Cl2N3O3/c1-2-3-4-5-6-7-8-9-10-11-12-13-14-15-16-17-18-19-20-26-43(51)50-42-37-39(29-27-38(42)28-30-44(50)52)53-36-22-21-31-48-32-34-49(35-33-48)41-25-23-24-40(46)45(41)47/h3-4,6-7,9-10,12-13,15-16,18-19,23-25,27-30,37H,2,5,8,11,14,17,20-22,26,31-36H2,1H3/b4-3-,7-6-,10-9-,13-12-,16-15-,19-18-. The Morgan fingerprint density at radius 3 is 1.98 bits per heavy atom. The molecule has 0 radical (unpaired) electrons. The summed E-state index contributed by atoms with van der Waals surface area (Å²) in [5.74, 6) is 0.448. The predicted octanol–water partition coefficient (Wildman–Crippen LogP) is 11.4. The van der Waals surface area contributed by atoms with Gasteiger partial charge in [0.1, 0.15) is 5.75 Å². The molecule has 0 saturated carbocycles. The molecule has 8 heteroatoms. The third-order valence-corrected chi connectivity index (χ3v) is 9.83. The van der Waals surface area contributed by atoms with Crippen molar-refractivity contribution in [2.75, 3.05) is 44.2 Å². The van der Waals surface area contributed by atoms with E-state index in [9.17, 15) is 9.59 Å². The molecule has 0 N–H and O–H groups in total. The number of unbranched alkanes of at least 4 members (excludes halogenated alkanes) is 1. The van der Waals surface area contributed by atoms with Crippen molar-refractivity contribution in [1.29, 1.82) is 0 Å². The Morgan fingerprint density at radius 1 is 0.736 bits per heavy atom. The van der Waals surface area contributed by atoms with Gasteiger partial charge in [0.2, 0.25) is 5.91 Å². The Labute approximate surface area is 326 Å². The number of halogens is 2. The Balaban J connectivity index is 1.12. The molecule has 1 aliphatic heterocycles. The van der Waals surface area contributed by atoms with Crippen LogP contribution in [0.15, 0.2) is 126 Å². The Hall–Kier alpha value is -4.10. The molecule has 0 aliphatic carbocycles. The monoisotopic (exact) mass is 755 g/mol. The number of piperazine rings is 1. The van der Waals surface area contributed by atoms with E-state index in [1.807, 2.05) is 42.5 Å². The van der Waals surface area contributed by atoms with Crippen LogP contribution in [0.2, 0.25) is 10.0 Å². The Morgan fingerprint density at radius 2 is 1.34 bits per heavy atom. The first kappa shape index (κ1) is 41.7. The van der Waals surface area contributed by atoms with Crippen LogP contribution in [0.5, 0.6) is 5.75 Å². The third kappa shape index (κ3) is 14.7. The van der Waals surface area contributed by atoms with E-state index in [4.69, 9.17) is 27.9 Å². The van der Waals surface area contributed by atoms with Crippen molar-refractivity contribution < 1.29 is 9.53 Å². The summed E-state index contributed by atoms with van der Waals surface area (Å²) in [5, 5.41) is 2.04. The first-order valence-electron chi connectivity index (χ1n) is 19.1. The van der Waals surface area contributed by atoms with Gasteiger partial charge in [-0.1, -0.05) is 109 Å². The SMILES string of the molecule is CC/C=C\C/C=C\C/C=C\C/C=C\C/C=C\C/C=C\CCC(=O)n1c(=O)ccc2ccc(OCCCCN3CCN(c4cccc(Cl)c4Cl)CC3)cc21. The van der Waals surface area contributed by atoms with Gasteiger partial charge in [0, 0.05) is 44.7 Å². The fourth-order valence-corrected chi connectivity index (χ4v) is 6.51. The van der Waals surface area contributed by atoms with Crippen molar-refractivity contribution in [3.63, 3.8) is 0 Å². The molecule has 1 fully saturated rings. The molecule has 53 heavy (non-hydrogen) atoms. The zero-order chi connectivity index (χ0) is 37.5. The predicted molar refractivity (Wildman–Crippen MR) is 226 cm³/mol. The molecule has 282 valence electrons. The summed E-state index contributed by atoms with van der Waals surface area (Å²) in [6.07, 6.45) is 34.4. The van der Waals surface area contributed by atoms with E-state index in [2.05, 4.69) is 83.6 Å². The van der Waals surface area contributed by atoms with Crippen molar-refractivity contribution in [1.82, 2.24) is 9.47 Å². The van der Waals surface area contributed by atoms with Gasteiger partial charge in [-0.3, -0.25) is 14.5 Å². The fraction of sp³-hybridized carbons (Fsp3) is 0.378. The van der Waals surface area contributed by atoms with Crippen LogP contribution >= 0.6 is 23.2 Å². The van der Waals surface area contributed by atoms with E-state index in [-0.39, 0.29) is 17.9 Å². The second kappa shape index (κ2) is 24.3. The van der Waals surface area contributed by atoms with Gasteiger partial charge in [-0.2, -0.15) is 0 Å².